The van der Waals surface area contributed by atoms with Crippen molar-refractivity contribution in [1.29, 1.82) is 0 Å². The predicted octanol–water partition coefficient (Wildman–Crippen LogP) is 2.28. The van der Waals surface area contributed by atoms with Crippen LogP contribution in [0.3, 0.4) is 0 Å². The Morgan fingerprint density at radius 2 is 1.24 bits per heavy atom. The highest BCUT2D eigenvalue weighted by Crippen LogP contribution is 2.14. The van der Waals surface area contributed by atoms with Crippen molar-refractivity contribution in [2.45, 2.75) is 90.1 Å². The Morgan fingerprint density at radius 1 is 0.810 bits per heavy atom. The highest BCUT2D eigenvalue weighted by Gasteiger charge is 2.14. The molecule has 0 amide bonds. The van der Waals surface area contributed by atoms with Crippen LogP contribution >= 0.6 is 11.8 Å². The van der Waals surface area contributed by atoms with E-state index in [2.05, 4.69) is 6.92 Å². The molecule has 4 heteroatoms. The van der Waals surface area contributed by atoms with Crippen molar-refractivity contribution >= 4 is 11.8 Å². The van der Waals surface area contributed by atoms with Gasteiger partial charge in [-0.1, -0.05) is 71.1 Å². The summed E-state index contributed by atoms with van der Waals surface area (Å²) in [5.74, 6) is 0. The Labute approximate surface area is 144 Å². The Kier molecular flexibility index (Phi) is 17.4. The topological polar surface area (TPSA) is 20.2 Å². The van der Waals surface area contributed by atoms with Gasteiger partial charge in [0.05, 0.1) is 26.7 Å². The molecule has 1 unspecified atom stereocenters. The number of hydrogen-bond acceptors (Lipinski definition) is 1. The minimum absolute atomic E-state index is 0. The fourth-order valence-electron chi connectivity index (χ4n) is 2.47. The molecule has 0 bridgehead atoms. The van der Waals surface area contributed by atoms with Crippen LogP contribution < -0.4 is 12.4 Å². The molecule has 0 aliphatic carbocycles. The predicted molar refractivity (Wildman–Crippen MR) is 89.9 cm³/mol. The number of halogens is 2. The molecular weight excluding hydrogens is 305 g/mol. The molecule has 0 aromatic heterocycles. The standard InChI is InChI=1S/C17H37ClNO.ClH/c1-4-5-6-7-8-9-10-11-12-13-14-17(20)15-16-19(2,3)18;/h17,20H,4-16H2,1-3H3;1H/q+1;/p-1. The number of unbranched alkanes of at least 4 members (excludes halogenated alkanes) is 9. The zero-order chi connectivity index (χ0) is 15.3. The lowest BCUT2D eigenvalue weighted by atomic mass is 10.0. The average Bonchev–Trinajstić information content (AvgIpc) is 2.38. The second-order valence-corrected chi connectivity index (χ2v) is 7.59. The van der Waals surface area contributed by atoms with E-state index in [1.165, 1.54) is 57.8 Å². The lowest BCUT2D eigenvalue weighted by molar-refractivity contribution is -0.772. The molecule has 0 radical (unpaired) electrons. The molecule has 0 saturated heterocycles. The van der Waals surface area contributed by atoms with Gasteiger partial charge in [-0.25, -0.2) is 4.00 Å². The first kappa shape index (κ1) is 23.8. The minimum Gasteiger partial charge on any atom is -1.00 e. The summed E-state index contributed by atoms with van der Waals surface area (Å²) in [4.78, 5) is 0. The zero-order valence-corrected chi connectivity index (χ0v) is 15.9. The van der Waals surface area contributed by atoms with Gasteiger partial charge in [-0.2, -0.15) is 0 Å². The summed E-state index contributed by atoms with van der Waals surface area (Å²) in [5, 5.41) is 9.87. The first-order chi connectivity index (χ1) is 9.45. The molecule has 0 aromatic rings. The summed E-state index contributed by atoms with van der Waals surface area (Å²) in [6, 6.07) is 0. The van der Waals surface area contributed by atoms with Crippen molar-refractivity contribution in [3.8, 4) is 0 Å². The summed E-state index contributed by atoms with van der Waals surface area (Å²) in [6.07, 6.45) is 15.1. The van der Waals surface area contributed by atoms with Crippen LogP contribution in [0.1, 0.15) is 84.0 Å². The van der Waals surface area contributed by atoms with E-state index in [4.69, 9.17) is 11.8 Å². The maximum absolute atomic E-state index is 9.87. The normalized spacial score (nSPS) is 13.0. The lowest BCUT2D eigenvalue weighted by Gasteiger charge is -2.20. The number of aliphatic hydroxyl groups is 1. The molecule has 0 rings (SSSR count). The second-order valence-electron chi connectivity index (χ2n) is 6.67. The summed E-state index contributed by atoms with van der Waals surface area (Å²) >= 11 is 6.07. The molecule has 1 N–H and O–H groups in total. The number of rotatable bonds is 14. The van der Waals surface area contributed by atoms with Crippen LogP contribution in [-0.4, -0.2) is 35.9 Å². The van der Waals surface area contributed by atoms with Gasteiger partial charge in [0.2, 0.25) is 0 Å². The number of hydrogen-bond donors (Lipinski definition) is 1. The van der Waals surface area contributed by atoms with Crippen LogP contribution in [0.25, 0.3) is 0 Å². The van der Waals surface area contributed by atoms with E-state index in [1.807, 2.05) is 14.1 Å². The van der Waals surface area contributed by atoms with E-state index < -0.39 is 0 Å². The maximum atomic E-state index is 9.87. The third-order valence-corrected chi connectivity index (χ3v) is 4.05. The van der Waals surface area contributed by atoms with Crippen LogP contribution in [0.4, 0.5) is 0 Å². The largest absolute Gasteiger partial charge is 1.00 e. The fourth-order valence-corrected chi connectivity index (χ4v) is 2.57. The van der Waals surface area contributed by atoms with Gasteiger partial charge in [0.15, 0.2) is 11.8 Å². The van der Waals surface area contributed by atoms with Crippen LogP contribution in [0.2, 0.25) is 0 Å². The number of nitrogens with zero attached hydrogens (tertiary/aromatic N) is 1. The van der Waals surface area contributed by atoms with Crippen molar-refractivity contribution in [2.24, 2.45) is 0 Å². The van der Waals surface area contributed by atoms with Crippen molar-refractivity contribution in [3.63, 3.8) is 0 Å². The highest BCUT2D eigenvalue weighted by molar-refractivity contribution is 6.06. The van der Waals surface area contributed by atoms with Crippen LogP contribution in [-0.2, 0) is 0 Å². The van der Waals surface area contributed by atoms with Crippen molar-refractivity contribution in [2.75, 3.05) is 20.6 Å². The highest BCUT2D eigenvalue weighted by atomic mass is 35.5. The van der Waals surface area contributed by atoms with Crippen LogP contribution in [0, 0.1) is 0 Å². The van der Waals surface area contributed by atoms with Gasteiger partial charge in [-0.15, -0.1) is 0 Å². The Bertz CT molecular complexity index is 207. The zero-order valence-electron chi connectivity index (χ0n) is 14.4. The van der Waals surface area contributed by atoms with Crippen molar-refractivity contribution in [1.82, 2.24) is 0 Å². The van der Waals surface area contributed by atoms with E-state index >= 15 is 0 Å². The van der Waals surface area contributed by atoms with E-state index in [0.717, 1.165) is 25.8 Å². The van der Waals surface area contributed by atoms with Gasteiger partial charge in [-0.05, 0) is 6.42 Å². The van der Waals surface area contributed by atoms with Gasteiger partial charge in [0.1, 0.15) is 0 Å². The third-order valence-electron chi connectivity index (χ3n) is 3.88. The molecule has 0 spiro atoms. The van der Waals surface area contributed by atoms with Gasteiger partial charge < -0.3 is 17.5 Å². The summed E-state index contributed by atoms with van der Waals surface area (Å²) in [5.41, 5.74) is 0. The van der Waals surface area contributed by atoms with Crippen LogP contribution in [0.15, 0.2) is 0 Å². The summed E-state index contributed by atoms with van der Waals surface area (Å²) in [7, 11) is 3.91. The van der Waals surface area contributed by atoms with E-state index in [0.29, 0.717) is 4.00 Å². The quantitative estimate of drug-likeness (QED) is 0.379. The Morgan fingerprint density at radius 3 is 1.67 bits per heavy atom. The summed E-state index contributed by atoms with van der Waals surface area (Å²) in [6.45, 7) is 3.10. The molecule has 1 atom stereocenters. The molecule has 0 aromatic carbocycles. The SMILES string of the molecule is CCCCCCCCCCCCC(O)CC[N+](C)(C)Cl.[Cl-]. The Balaban J connectivity index is 0. The smallest absolute Gasteiger partial charge is 0.164 e. The average molecular weight is 342 g/mol. The molecule has 0 fully saturated rings. The molecule has 21 heavy (non-hydrogen) atoms. The first-order valence-corrected chi connectivity index (χ1v) is 9.00. The molecule has 0 saturated carbocycles. The minimum atomic E-state index is -0.166. The molecule has 0 aliphatic heterocycles. The Hall–Kier alpha value is 0.500. The molecule has 0 aliphatic rings. The fraction of sp³-hybridized carbons (Fsp3) is 1.00. The van der Waals surface area contributed by atoms with Crippen molar-refractivity contribution in [3.05, 3.63) is 0 Å². The van der Waals surface area contributed by atoms with Gasteiger partial charge in [0.25, 0.3) is 0 Å². The van der Waals surface area contributed by atoms with E-state index in [1.54, 1.807) is 0 Å². The third kappa shape index (κ3) is 20.5. The molecule has 130 valence electrons. The molecular formula is C17H37Cl2NO. The first-order valence-electron chi connectivity index (χ1n) is 8.66. The van der Waals surface area contributed by atoms with Crippen molar-refractivity contribution < 1.29 is 21.5 Å². The van der Waals surface area contributed by atoms with E-state index in [-0.39, 0.29) is 18.5 Å². The monoisotopic (exact) mass is 341 g/mol. The van der Waals surface area contributed by atoms with Gasteiger partial charge in [0, 0.05) is 6.42 Å². The maximum Gasteiger partial charge on any atom is 0.164 e. The summed E-state index contributed by atoms with van der Waals surface area (Å²) < 4.78 is 0.426. The molecule has 0 heterocycles. The molecule has 2 nitrogen and oxygen atoms in total. The van der Waals surface area contributed by atoms with E-state index in [9.17, 15) is 5.11 Å². The van der Waals surface area contributed by atoms with Gasteiger partial charge in [-0.3, -0.25) is 0 Å². The van der Waals surface area contributed by atoms with Gasteiger partial charge >= 0.3 is 0 Å². The lowest BCUT2D eigenvalue weighted by Crippen LogP contribution is -3.00. The second kappa shape index (κ2) is 15.4. The van der Waals surface area contributed by atoms with Crippen LogP contribution in [0.5, 0.6) is 0 Å². The number of aliphatic hydroxyl groups excluding tert-OH is 1. The number of quaternary nitrogens is 1.